The molecule has 3 aliphatic rings. The number of aromatic nitrogens is 2. The molecule has 0 spiro atoms. The molecule has 2 saturated heterocycles. The Morgan fingerprint density at radius 2 is 1.77 bits per heavy atom. The van der Waals surface area contributed by atoms with Crippen LogP contribution < -0.4 is 20.0 Å². The normalized spacial score (nSPS) is 22.3. The smallest absolute Gasteiger partial charge is 0.327 e. The number of hydrogen-bond acceptors (Lipinski definition) is 6. The number of carbonyl (C=O) groups excluding carboxylic acids is 1. The van der Waals surface area contributed by atoms with Crippen LogP contribution in [0.25, 0.3) is 0 Å². The van der Waals surface area contributed by atoms with Gasteiger partial charge in [0.1, 0.15) is 5.82 Å². The van der Waals surface area contributed by atoms with E-state index in [-0.39, 0.29) is 12.1 Å². The first-order valence-corrected chi connectivity index (χ1v) is 11.1. The molecule has 0 saturated carbocycles. The molecule has 0 unspecified atom stereocenters. The van der Waals surface area contributed by atoms with Crippen molar-refractivity contribution in [2.24, 2.45) is 0 Å². The molecule has 0 radical (unpaired) electrons. The van der Waals surface area contributed by atoms with Crippen LogP contribution in [0.5, 0.6) is 0 Å². The van der Waals surface area contributed by atoms with Crippen LogP contribution in [-0.4, -0.2) is 73.3 Å². The van der Waals surface area contributed by atoms with Crippen molar-refractivity contribution < 1.29 is 4.79 Å². The summed E-state index contributed by atoms with van der Waals surface area (Å²) in [5.41, 5.74) is 3.62. The summed E-state index contributed by atoms with van der Waals surface area (Å²) in [5, 5.41) is 3.10. The zero-order chi connectivity index (χ0) is 21.7. The van der Waals surface area contributed by atoms with Crippen molar-refractivity contribution in [3.05, 3.63) is 35.7 Å². The molecule has 164 valence electrons. The van der Waals surface area contributed by atoms with Gasteiger partial charge in [-0.2, -0.15) is 0 Å². The molecule has 2 fully saturated rings. The van der Waals surface area contributed by atoms with E-state index in [1.807, 2.05) is 30.9 Å². The summed E-state index contributed by atoms with van der Waals surface area (Å²) in [6, 6.07) is 8.64. The highest BCUT2D eigenvalue weighted by Crippen LogP contribution is 2.40. The zero-order valence-electron chi connectivity index (χ0n) is 18.8. The van der Waals surface area contributed by atoms with Crippen LogP contribution in [-0.2, 0) is 0 Å². The molecule has 5 heterocycles. The SMILES string of the molecule is Cc1cc(NC(=O)N2c3nc(N4CC[C@H](N(C)C)C4)ccc3N3CC[C@H]2C3)cc(C)n1. The summed E-state index contributed by atoms with van der Waals surface area (Å²) in [6.07, 6.45) is 2.09. The minimum absolute atomic E-state index is 0.116. The number of rotatable bonds is 3. The monoisotopic (exact) mass is 421 g/mol. The third-order valence-corrected chi connectivity index (χ3v) is 6.71. The highest BCUT2D eigenvalue weighted by Gasteiger charge is 2.40. The Morgan fingerprint density at radius 1 is 1.03 bits per heavy atom. The van der Waals surface area contributed by atoms with Gasteiger partial charge in [-0.15, -0.1) is 0 Å². The molecule has 8 nitrogen and oxygen atoms in total. The third-order valence-electron chi connectivity index (χ3n) is 6.71. The molecule has 2 atom stereocenters. The average Bonchev–Trinajstić information content (AvgIpc) is 3.35. The van der Waals surface area contributed by atoms with Gasteiger partial charge in [0.25, 0.3) is 0 Å². The molecule has 2 aromatic heterocycles. The van der Waals surface area contributed by atoms with Crippen LogP contribution in [0.2, 0.25) is 0 Å². The number of carbonyl (C=O) groups is 1. The van der Waals surface area contributed by atoms with Gasteiger partial charge in [0, 0.05) is 49.3 Å². The molecule has 0 aliphatic carbocycles. The maximum absolute atomic E-state index is 13.4. The second-order valence-electron chi connectivity index (χ2n) is 9.19. The fourth-order valence-electron chi connectivity index (χ4n) is 5.10. The Morgan fingerprint density at radius 3 is 2.48 bits per heavy atom. The fraction of sp³-hybridized carbons (Fsp3) is 0.522. The first kappa shape index (κ1) is 20.1. The van der Waals surface area contributed by atoms with Crippen molar-refractivity contribution >= 4 is 29.0 Å². The van der Waals surface area contributed by atoms with Crippen LogP contribution in [0.1, 0.15) is 24.2 Å². The second kappa shape index (κ2) is 7.67. The lowest BCUT2D eigenvalue weighted by Gasteiger charge is -2.36. The van der Waals surface area contributed by atoms with E-state index in [0.29, 0.717) is 6.04 Å². The van der Waals surface area contributed by atoms with Gasteiger partial charge >= 0.3 is 6.03 Å². The van der Waals surface area contributed by atoms with Crippen LogP contribution in [0.15, 0.2) is 24.3 Å². The van der Waals surface area contributed by atoms with Crippen LogP contribution in [0.3, 0.4) is 0 Å². The summed E-state index contributed by atoms with van der Waals surface area (Å²) in [4.78, 5) is 31.7. The highest BCUT2D eigenvalue weighted by molar-refractivity contribution is 6.04. The first-order valence-electron chi connectivity index (χ1n) is 11.1. The van der Waals surface area contributed by atoms with Crippen molar-refractivity contribution in [2.75, 3.05) is 60.3 Å². The first-order chi connectivity index (χ1) is 14.9. The number of anilines is 4. The van der Waals surface area contributed by atoms with Crippen LogP contribution in [0, 0.1) is 13.8 Å². The summed E-state index contributed by atoms with van der Waals surface area (Å²) >= 11 is 0. The number of urea groups is 1. The molecule has 31 heavy (non-hydrogen) atoms. The molecule has 3 aliphatic heterocycles. The van der Waals surface area contributed by atoms with E-state index in [1.54, 1.807) is 0 Å². The molecular weight excluding hydrogens is 390 g/mol. The topological polar surface area (TPSA) is 67.8 Å². The Kier molecular flexibility index (Phi) is 4.97. The predicted octanol–water partition coefficient (Wildman–Crippen LogP) is 2.86. The van der Waals surface area contributed by atoms with Crippen molar-refractivity contribution in [3.63, 3.8) is 0 Å². The highest BCUT2D eigenvalue weighted by atomic mass is 16.2. The summed E-state index contributed by atoms with van der Waals surface area (Å²) < 4.78 is 0. The number of fused-ring (bicyclic) bond motifs is 4. The summed E-state index contributed by atoms with van der Waals surface area (Å²) in [7, 11) is 4.27. The number of likely N-dealkylation sites (N-methyl/N-ethyl adjacent to an activating group) is 1. The molecule has 2 bridgehead atoms. The van der Waals surface area contributed by atoms with Crippen molar-refractivity contribution in [2.45, 2.75) is 38.8 Å². The van der Waals surface area contributed by atoms with Gasteiger partial charge in [0.2, 0.25) is 0 Å². The number of amides is 2. The lowest BCUT2D eigenvalue weighted by molar-refractivity contribution is 0.255. The number of nitrogens with zero attached hydrogens (tertiary/aromatic N) is 6. The summed E-state index contributed by atoms with van der Waals surface area (Å²) in [6.45, 7) is 7.67. The van der Waals surface area contributed by atoms with Crippen molar-refractivity contribution in [1.29, 1.82) is 0 Å². The fourth-order valence-corrected chi connectivity index (χ4v) is 5.10. The number of hydrogen-bond donors (Lipinski definition) is 1. The zero-order valence-corrected chi connectivity index (χ0v) is 18.8. The quantitative estimate of drug-likeness (QED) is 0.822. The van der Waals surface area contributed by atoms with Gasteiger partial charge in [-0.3, -0.25) is 9.88 Å². The Balaban J connectivity index is 1.45. The van der Waals surface area contributed by atoms with Crippen molar-refractivity contribution in [1.82, 2.24) is 14.9 Å². The Labute approximate surface area is 183 Å². The van der Waals surface area contributed by atoms with Crippen molar-refractivity contribution in [3.8, 4) is 0 Å². The van der Waals surface area contributed by atoms with E-state index in [4.69, 9.17) is 4.98 Å². The number of nitrogens with one attached hydrogen (secondary N) is 1. The molecular formula is C23H31N7O. The van der Waals surface area contributed by atoms with E-state index in [2.05, 4.69) is 51.2 Å². The standard InChI is InChI=1S/C23H31N7O/c1-15-11-17(12-16(2)24-15)25-23(31)30-19-8-9-28(14-19)20-5-6-21(26-22(20)30)29-10-7-18(13-29)27(3)4/h5-6,11-12,18-19H,7-10,13-14H2,1-4H3,(H,24,25,31)/t18-,19-/m0/s1. The maximum Gasteiger partial charge on any atom is 0.327 e. The minimum atomic E-state index is -0.116. The van der Waals surface area contributed by atoms with Crippen LogP contribution in [0.4, 0.5) is 27.8 Å². The lowest BCUT2D eigenvalue weighted by Crippen LogP contribution is -2.48. The van der Waals surface area contributed by atoms with E-state index >= 15 is 0 Å². The van der Waals surface area contributed by atoms with Crippen LogP contribution >= 0.6 is 0 Å². The molecule has 0 aromatic carbocycles. The predicted molar refractivity (Wildman–Crippen MR) is 124 cm³/mol. The molecule has 8 heteroatoms. The second-order valence-corrected chi connectivity index (χ2v) is 9.19. The van der Waals surface area contributed by atoms with Gasteiger partial charge in [-0.05, 0) is 65.0 Å². The average molecular weight is 422 g/mol. The molecule has 2 amide bonds. The Hall–Kier alpha value is -2.87. The molecule has 2 aromatic rings. The van der Waals surface area contributed by atoms with E-state index < -0.39 is 0 Å². The maximum atomic E-state index is 13.4. The largest absolute Gasteiger partial charge is 0.366 e. The van der Waals surface area contributed by atoms with Gasteiger partial charge in [-0.25, -0.2) is 9.78 Å². The Bertz CT molecular complexity index is 987. The number of aryl methyl sites for hydroxylation is 2. The lowest BCUT2D eigenvalue weighted by atomic mass is 10.2. The third kappa shape index (κ3) is 3.69. The molecule has 5 rings (SSSR count). The van der Waals surface area contributed by atoms with E-state index in [1.165, 1.54) is 0 Å². The van der Waals surface area contributed by atoms with E-state index in [9.17, 15) is 4.79 Å². The van der Waals surface area contributed by atoms with Gasteiger partial charge in [0.15, 0.2) is 5.82 Å². The number of pyridine rings is 2. The minimum Gasteiger partial charge on any atom is -0.366 e. The van der Waals surface area contributed by atoms with Gasteiger partial charge in [0.05, 0.1) is 11.7 Å². The van der Waals surface area contributed by atoms with E-state index in [0.717, 1.165) is 73.4 Å². The van der Waals surface area contributed by atoms with Gasteiger partial charge in [-0.1, -0.05) is 0 Å². The van der Waals surface area contributed by atoms with Gasteiger partial charge < -0.3 is 20.0 Å². The summed E-state index contributed by atoms with van der Waals surface area (Å²) in [5.74, 6) is 1.73. The molecule has 1 N–H and O–H groups in total.